The van der Waals surface area contributed by atoms with Crippen LogP contribution >= 0.6 is 11.3 Å². The molecule has 1 aromatic carbocycles. The van der Waals surface area contributed by atoms with Crippen molar-refractivity contribution in [3.63, 3.8) is 0 Å². The Kier molecular flexibility index (Phi) is 3.75. The van der Waals surface area contributed by atoms with E-state index in [1.807, 2.05) is 0 Å². The zero-order valence-electron chi connectivity index (χ0n) is 10.9. The Labute approximate surface area is 126 Å². The fraction of sp³-hybridized carbons (Fsp3) is 0.231. The summed E-state index contributed by atoms with van der Waals surface area (Å²) in [5.41, 5.74) is 0.399. The number of thiophene rings is 1. The van der Waals surface area contributed by atoms with E-state index in [0.717, 1.165) is 0 Å². The first-order valence-corrected chi connectivity index (χ1v) is 8.55. The number of fused-ring (bicyclic) bond motifs is 1. The van der Waals surface area contributed by atoms with Gasteiger partial charge in [-0.3, -0.25) is 4.72 Å². The van der Waals surface area contributed by atoms with Crippen LogP contribution in [0.15, 0.2) is 34.5 Å². The lowest BCUT2D eigenvalue weighted by Gasteiger charge is -2.19. The van der Waals surface area contributed by atoms with Gasteiger partial charge in [0.15, 0.2) is 11.5 Å². The monoisotopic (exact) mass is 327 g/mol. The van der Waals surface area contributed by atoms with Crippen molar-refractivity contribution in [2.24, 2.45) is 0 Å². The van der Waals surface area contributed by atoms with E-state index >= 15 is 0 Å². The van der Waals surface area contributed by atoms with Crippen LogP contribution in [-0.2, 0) is 16.6 Å². The fourth-order valence-electron chi connectivity index (χ4n) is 1.91. The van der Waals surface area contributed by atoms with Crippen molar-refractivity contribution in [1.29, 1.82) is 0 Å². The van der Waals surface area contributed by atoms with Crippen LogP contribution in [0.1, 0.15) is 4.88 Å². The highest BCUT2D eigenvalue weighted by molar-refractivity contribution is 7.92. The highest BCUT2D eigenvalue weighted by atomic mass is 32.2. The SMILES string of the molecule is O=S(=O)(Nc1ccc2c(c1)OCCO2)c1csc(CO)c1. The molecule has 3 rings (SSSR count). The summed E-state index contributed by atoms with van der Waals surface area (Å²) in [6, 6.07) is 6.32. The van der Waals surface area contributed by atoms with Gasteiger partial charge < -0.3 is 14.6 Å². The second-order valence-corrected chi connectivity index (χ2v) is 7.05. The van der Waals surface area contributed by atoms with Crippen molar-refractivity contribution >= 4 is 27.0 Å². The molecule has 0 saturated heterocycles. The molecule has 112 valence electrons. The molecule has 0 fully saturated rings. The lowest BCUT2D eigenvalue weighted by Crippen LogP contribution is -2.16. The Hall–Kier alpha value is -1.77. The van der Waals surface area contributed by atoms with E-state index in [9.17, 15) is 8.42 Å². The number of ether oxygens (including phenoxy) is 2. The quantitative estimate of drug-likeness (QED) is 0.895. The van der Waals surface area contributed by atoms with Crippen molar-refractivity contribution in [3.8, 4) is 11.5 Å². The molecule has 0 bridgehead atoms. The lowest BCUT2D eigenvalue weighted by molar-refractivity contribution is 0.171. The molecule has 0 spiro atoms. The summed E-state index contributed by atoms with van der Waals surface area (Å²) < 4.78 is 37.8. The van der Waals surface area contributed by atoms with E-state index in [1.54, 1.807) is 18.2 Å². The summed E-state index contributed by atoms with van der Waals surface area (Å²) in [5.74, 6) is 1.12. The predicted octanol–water partition coefficient (Wildman–Crippen LogP) is 1.81. The summed E-state index contributed by atoms with van der Waals surface area (Å²) in [6.07, 6.45) is 0. The molecule has 1 aromatic heterocycles. The minimum Gasteiger partial charge on any atom is -0.486 e. The smallest absolute Gasteiger partial charge is 0.262 e. The van der Waals surface area contributed by atoms with Gasteiger partial charge in [0.1, 0.15) is 13.2 Å². The van der Waals surface area contributed by atoms with Gasteiger partial charge in [0.25, 0.3) is 10.0 Å². The Balaban J connectivity index is 1.85. The van der Waals surface area contributed by atoms with E-state index in [0.29, 0.717) is 35.3 Å². The molecule has 0 unspecified atom stereocenters. The van der Waals surface area contributed by atoms with Gasteiger partial charge in [-0.25, -0.2) is 8.42 Å². The highest BCUT2D eigenvalue weighted by Gasteiger charge is 2.18. The summed E-state index contributed by atoms with van der Waals surface area (Å²) in [5, 5.41) is 10.5. The average molecular weight is 327 g/mol. The van der Waals surface area contributed by atoms with E-state index in [1.165, 1.54) is 22.8 Å². The topological polar surface area (TPSA) is 84.9 Å². The third-order valence-electron chi connectivity index (χ3n) is 2.89. The maximum atomic E-state index is 12.2. The summed E-state index contributed by atoms with van der Waals surface area (Å²) in [6.45, 7) is 0.745. The van der Waals surface area contributed by atoms with Crippen molar-refractivity contribution in [2.45, 2.75) is 11.5 Å². The van der Waals surface area contributed by atoms with Crippen LogP contribution in [0.3, 0.4) is 0 Å². The first-order chi connectivity index (χ1) is 10.1. The Morgan fingerprint density at radius 2 is 1.95 bits per heavy atom. The third kappa shape index (κ3) is 2.97. The number of aliphatic hydroxyl groups is 1. The molecular formula is C13H13NO5S2. The van der Waals surface area contributed by atoms with Crippen LogP contribution in [0.25, 0.3) is 0 Å². The highest BCUT2D eigenvalue weighted by Crippen LogP contribution is 2.33. The van der Waals surface area contributed by atoms with E-state index in [-0.39, 0.29) is 11.5 Å². The molecule has 8 heteroatoms. The van der Waals surface area contributed by atoms with Gasteiger partial charge in [-0.05, 0) is 18.2 Å². The van der Waals surface area contributed by atoms with Crippen LogP contribution < -0.4 is 14.2 Å². The zero-order valence-corrected chi connectivity index (χ0v) is 12.5. The molecule has 0 radical (unpaired) electrons. The van der Waals surface area contributed by atoms with Crippen LogP contribution in [0.4, 0.5) is 5.69 Å². The van der Waals surface area contributed by atoms with Gasteiger partial charge in [0, 0.05) is 16.3 Å². The maximum absolute atomic E-state index is 12.2. The van der Waals surface area contributed by atoms with Gasteiger partial charge in [-0.1, -0.05) is 0 Å². The van der Waals surface area contributed by atoms with Gasteiger partial charge in [0.2, 0.25) is 0 Å². The number of nitrogens with one attached hydrogen (secondary N) is 1. The summed E-state index contributed by atoms with van der Waals surface area (Å²) in [7, 11) is -3.68. The molecule has 1 aliphatic rings. The van der Waals surface area contributed by atoms with Gasteiger partial charge in [-0.2, -0.15) is 0 Å². The molecule has 0 saturated carbocycles. The number of aliphatic hydroxyl groups excluding tert-OH is 1. The van der Waals surface area contributed by atoms with Crippen LogP contribution in [0.2, 0.25) is 0 Å². The Bertz CT molecular complexity index is 754. The minimum absolute atomic E-state index is 0.131. The third-order valence-corrected chi connectivity index (χ3v) is 5.32. The predicted molar refractivity (Wildman–Crippen MR) is 78.5 cm³/mol. The van der Waals surface area contributed by atoms with Crippen LogP contribution in [-0.4, -0.2) is 26.7 Å². The van der Waals surface area contributed by atoms with Gasteiger partial charge in [0.05, 0.1) is 17.2 Å². The second kappa shape index (κ2) is 5.55. The number of benzene rings is 1. The molecule has 2 N–H and O–H groups in total. The Morgan fingerprint density at radius 3 is 2.67 bits per heavy atom. The number of anilines is 1. The number of hydrogen-bond acceptors (Lipinski definition) is 6. The molecule has 21 heavy (non-hydrogen) atoms. The van der Waals surface area contributed by atoms with Gasteiger partial charge >= 0.3 is 0 Å². The molecule has 0 amide bonds. The standard InChI is InChI=1S/C13H13NO5S2/c15-7-10-6-11(8-20-10)21(16,17)14-9-1-2-12-13(5-9)19-4-3-18-12/h1-2,5-6,8,14-15H,3-4,7H2. The van der Waals surface area contributed by atoms with Crippen molar-refractivity contribution in [2.75, 3.05) is 17.9 Å². The number of hydrogen-bond donors (Lipinski definition) is 2. The lowest BCUT2D eigenvalue weighted by atomic mass is 10.3. The van der Waals surface area contributed by atoms with Crippen LogP contribution in [0.5, 0.6) is 11.5 Å². The van der Waals surface area contributed by atoms with E-state index in [2.05, 4.69) is 4.72 Å². The number of sulfonamides is 1. The molecule has 0 atom stereocenters. The Morgan fingerprint density at radius 1 is 1.19 bits per heavy atom. The average Bonchev–Trinajstić information content (AvgIpc) is 2.96. The first kappa shape index (κ1) is 14.2. The fourth-order valence-corrected chi connectivity index (χ4v) is 4.09. The normalized spacial score (nSPS) is 14.0. The van der Waals surface area contributed by atoms with E-state index < -0.39 is 10.0 Å². The zero-order chi connectivity index (χ0) is 14.9. The van der Waals surface area contributed by atoms with Gasteiger partial charge in [-0.15, -0.1) is 11.3 Å². The molecule has 2 heterocycles. The molecule has 6 nitrogen and oxygen atoms in total. The summed E-state index contributed by atoms with van der Waals surface area (Å²) in [4.78, 5) is 0.726. The van der Waals surface area contributed by atoms with Crippen LogP contribution in [0, 0.1) is 0 Å². The largest absolute Gasteiger partial charge is 0.486 e. The molecular weight excluding hydrogens is 314 g/mol. The second-order valence-electron chi connectivity index (χ2n) is 4.37. The molecule has 2 aromatic rings. The minimum atomic E-state index is -3.68. The summed E-state index contributed by atoms with van der Waals surface area (Å²) >= 11 is 1.20. The molecule has 0 aliphatic carbocycles. The van der Waals surface area contributed by atoms with Crippen molar-refractivity contribution in [1.82, 2.24) is 0 Å². The van der Waals surface area contributed by atoms with E-state index in [4.69, 9.17) is 14.6 Å². The molecule has 1 aliphatic heterocycles. The maximum Gasteiger partial charge on any atom is 0.262 e. The first-order valence-electron chi connectivity index (χ1n) is 6.19. The van der Waals surface area contributed by atoms with Crippen molar-refractivity contribution < 1.29 is 23.0 Å². The number of rotatable bonds is 4. The van der Waals surface area contributed by atoms with Crippen molar-refractivity contribution in [3.05, 3.63) is 34.5 Å².